The average molecular weight is 909 g/mol. The highest BCUT2D eigenvalue weighted by Gasteiger charge is 2.33. The van der Waals surface area contributed by atoms with Gasteiger partial charge in [0.1, 0.15) is 0 Å². The van der Waals surface area contributed by atoms with Crippen molar-refractivity contribution >= 4 is 66.4 Å². The van der Waals surface area contributed by atoms with Gasteiger partial charge in [-0.05, 0) is 160 Å². The van der Waals surface area contributed by atoms with Crippen molar-refractivity contribution in [2.24, 2.45) is 0 Å². The van der Waals surface area contributed by atoms with Gasteiger partial charge in [-0.1, -0.05) is 191 Å². The zero-order chi connectivity index (χ0) is 48.4. The van der Waals surface area contributed by atoms with Crippen LogP contribution in [-0.2, 0) is 23.7 Å². The van der Waals surface area contributed by atoms with E-state index < -0.39 is 0 Å². The number of nitrogens with zero attached hydrogens (tertiary/aromatic N) is 2. The van der Waals surface area contributed by atoms with Gasteiger partial charge in [-0.15, -0.1) is 0 Å². The molecule has 0 unspecified atom stereocenters. The lowest BCUT2D eigenvalue weighted by molar-refractivity contribution is 0.585. The van der Waals surface area contributed by atoms with Gasteiger partial charge in [0, 0.05) is 35.0 Å². The molecule has 0 radical (unpaired) electrons. The van der Waals surface area contributed by atoms with Crippen molar-refractivity contribution in [1.29, 1.82) is 0 Å². The quantitative estimate of drug-likeness (QED) is 0.140. The van der Waals surface area contributed by atoms with Crippen LogP contribution in [0.4, 0.5) is 34.1 Å². The van der Waals surface area contributed by atoms with Gasteiger partial charge in [-0.25, -0.2) is 0 Å². The average Bonchev–Trinajstić information content (AvgIpc) is 3.93. The molecule has 2 aliphatic rings. The number of anilines is 6. The Balaban J connectivity index is 1.08. The molecule has 10 aromatic carbocycles. The Hall–Kier alpha value is -7.16. The summed E-state index contributed by atoms with van der Waals surface area (Å²) in [6, 6.07) is 65.5. The molecule has 346 valence electrons. The molecule has 0 aliphatic heterocycles. The summed E-state index contributed by atoms with van der Waals surface area (Å²) in [4.78, 5) is 5.13. The Labute approximate surface area is 415 Å². The van der Waals surface area contributed by atoms with Gasteiger partial charge in [-0.2, -0.15) is 0 Å². The SMILES string of the molecule is CC(C)c1ccc(N(c2cccc3c2Cc2c-3cccc2C(C)(C)C)c2ccc3ccc4c(N(c5ccc(C(C)C)cc5)c5cccc6c5Cc5c-6cccc5C(C)(C)C)ccc5ccc2c3c54)cc1. The van der Waals surface area contributed by atoms with Crippen molar-refractivity contribution in [3.05, 3.63) is 214 Å². The van der Waals surface area contributed by atoms with Gasteiger partial charge in [-0.3, -0.25) is 0 Å². The van der Waals surface area contributed by atoms with E-state index in [1.165, 1.54) is 133 Å². The van der Waals surface area contributed by atoms with Crippen molar-refractivity contribution in [3.63, 3.8) is 0 Å². The Kier molecular flexibility index (Phi) is 10.2. The van der Waals surface area contributed by atoms with Crippen LogP contribution in [0.3, 0.4) is 0 Å². The van der Waals surface area contributed by atoms with Crippen molar-refractivity contribution in [1.82, 2.24) is 0 Å². The summed E-state index contributed by atoms with van der Waals surface area (Å²) in [7, 11) is 0. The molecule has 0 aromatic heterocycles. The second-order valence-electron chi connectivity index (χ2n) is 22.9. The molecule has 12 rings (SSSR count). The highest BCUT2D eigenvalue weighted by Crippen LogP contribution is 2.53. The van der Waals surface area contributed by atoms with E-state index in [-0.39, 0.29) is 10.8 Å². The predicted molar refractivity (Wildman–Crippen MR) is 302 cm³/mol. The monoisotopic (exact) mass is 909 g/mol. The van der Waals surface area contributed by atoms with E-state index in [2.05, 4.69) is 249 Å². The summed E-state index contributed by atoms with van der Waals surface area (Å²) in [5, 5.41) is 7.62. The van der Waals surface area contributed by atoms with Crippen LogP contribution in [0.15, 0.2) is 170 Å². The van der Waals surface area contributed by atoms with Gasteiger partial charge in [0.25, 0.3) is 0 Å². The molecule has 0 fully saturated rings. The molecule has 0 spiro atoms. The fraction of sp³-hybridized carbons (Fsp3) is 0.235. The normalized spacial score (nSPS) is 13.1. The third-order valence-corrected chi connectivity index (χ3v) is 15.8. The first-order chi connectivity index (χ1) is 33.7. The summed E-state index contributed by atoms with van der Waals surface area (Å²) >= 11 is 0. The lowest BCUT2D eigenvalue weighted by atomic mass is 9.82. The zero-order valence-electron chi connectivity index (χ0n) is 42.6. The van der Waals surface area contributed by atoms with Gasteiger partial charge >= 0.3 is 0 Å². The Morgan fingerprint density at radius 3 is 1.04 bits per heavy atom. The smallest absolute Gasteiger partial charge is 0.0540 e. The van der Waals surface area contributed by atoms with Crippen LogP contribution in [0, 0.1) is 0 Å². The Morgan fingerprint density at radius 2 is 0.686 bits per heavy atom. The molecule has 0 bridgehead atoms. The maximum atomic E-state index is 2.57. The molecule has 0 saturated carbocycles. The molecular formula is C68H64N2. The summed E-state index contributed by atoms with van der Waals surface area (Å²) in [5.41, 5.74) is 24.0. The molecule has 2 heteroatoms. The lowest BCUT2D eigenvalue weighted by Gasteiger charge is -2.31. The Bertz CT molecular complexity index is 3420. The van der Waals surface area contributed by atoms with E-state index in [1.807, 2.05) is 0 Å². The van der Waals surface area contributed by atoms with Crippen LogP contribution in [0.5, 0.6) is 0 Å². The third kappa shape index (κ3) is 6.97. The molecule has 0 saturated heterocycles. The predicted octanol–water partition coefficient (Wildman–Crippen LogP) is 19.5. The lowest BCUT2D eigenvalue weighted by Crippen LogP contribution is -2.15. The van der Waals surface area contributed by atoms with Crippen LogP contribution in [-0.4, -0.2) is 0 Å². The number of rotatable bonds is 8. The molecule has 10 aromatic rings. The molecular weight excluding hydrogens is 845 g/mol. The first-order valence-corrected chi connectivity index (χ1v) is 25.7. The molecule has 0 heterocycles. The molecule has 70 heavy (non-hydrogen) atoms. The number of fused-ring (bicyclic) bond motifs is 6. The minimum absolute atomic E-state index is 0.0410. The van der Waals surface area contributed by atoms with Gasteiger partial charge in [0.05, 0.1) is 22.7 Å². The first kappa shape index (κ1) is 44.1. The van der Waals surface area contributed by atoms with Crippen LogP contribution < -0.4 is 9.80 Å². The Morgan fingerprint density at radius 1 is 0.343 bits per heavy atom. The molecule has 0 atom stereocenters. The van der Waals surface area contributed by atoms with Gasteiger partial charge < -0.3 is 9.80 Å². The summed E-state index contributed by atoms with van der Waals surface area (Å²) < 4.78 is 0. The maximum Gasteiger partial charge on any atom is 0.0540 e. The van der Waals surface area contributed by atoms with Crippen LogP contribution in [0.25, 0.3) is 54.6 Å². The number of hydrogen-bond acceptors (Lipinski definition) is 2. The van der Waals surface area contributed by atoms with Crippen LogP contribution in [0.1, 0.15) is 126 Å². The molecule has 2 aliphatic carbocycles. The number of hydrogen-bond donors (Lipinski definition) is 0. The van der Waals surface area contributed by atoms with E-state index in [0.717, 1.165) is 12.8 Å². The highest BCUT2D eigenvalue weighted by atomic mass is 15.2. The van der Waals surface area contributed by atoms with Gasteiger partial charge in [0.15, 0.2) is 0 Å². The van der Waals surface area contributed by atoms with Crippen molar-refractivity contribution in [2.45, 2.75) is 105 Å². The van der Waals surface area contributed by atoms with E-state index in [0.29, 0.717) is 11.8 Å². The molecule has 0 amide bonds. The zero-order valence-corrected chi connectivity index (χ0v) is 42.6. The fourth-order valence-electron chi connectivity index (χ4n) is 12.3. The first-order valence-electron chi connectivity index (χ1n) is 25.7. The second-order valence-corrected chi connectivity index (χ2v) is 22.9. The van der Waals surface area contributed by atoms with E-state index in [4.69, 9.17) is 0 Å². The maximum absolute atomic E-state index is 2.57. The second kappa shape index (κ2) is 16.2. The number of benzene rings is 10. The van der Waals surface area contributed by atoms with Crippen molar-refractivity contribution < 1.29 is 0 Å². The van der Waals surface area contributed by atoms with E-state index in [1.54, 1.807) is 0 Å². The topological polar surface area (TPSA) is 6.48 Å². The van der Waals surface area contributed by atoms with Crippen molar-refractivity contribution in [3.8, 4) is 22.3 Å². The molecule has 2 nitrogen and oxygen atoms in total. The largest absolute Gasteiger partial charge is 0.310 e. The summed E-state index contributed by atoms with van der Waals surface area (Å²) in [5.74, 6) is 0.886. The molecule has 0 N–H and O–H groups in total. The standard InChI is InChI=1S/C68H64N2/c1-41(2)43-23-31-47(32-24-43)69(61-21-13-17-51-49-15-11-19-59(67(5,6)7)55(49)39-57(51)61)63-37-29-45-28-36-54-64(38-30-46-27-35-53(63)65(45)66(46)54)70(48-33-25-44(26-34-48)42(3)4)62-22-14-18-52-50-16-12-20-60(68(8,9)10)56(50)40-58(52)62/h11-38,41-42H,39-40H2,1-10H3. The van der Waals surface area contributed by atoms with Crippen LogP contribution in [0.2, 0.25) is 0 Å². The van der Waals surface area contributed by atoms with Crippen molar-refractivity contribution in [2.75, 3.05) is 9.80 Å². The minimum atomic E-state index is 0.0410. The minimum Gasteiger partial charge on any atom is -0.310 e. The fourth-order valence-corrected chi connectivity index (χ4v) is 12.3. The van der Waals surface area contributed by atoms with Gasteiger partial charge in [0.2, 0.25) is 0 Å². The van der Waals surface area contributed by atoms with Crippen LogP contribution >= 0.6 is 0 Å². The van der Waals surface area contributed by atoms with E-state index >= 15 is 0 Å². The van der Waals surface area contributed by atoms with E-state index in [9.17, 15) is 0 Å². The third-order valence-electron chi connectivity index (χ3n) is 15.8. The summed E-state index contributed by atoms with van der Waals surface area (Å²) in [6.07, 6.45) is 1.81. The highest BCUT2D eigenvalue weighted by molar-refractivity contribution is 6.28. The summed E-state index contributed by atoms with van der Waals surface area (Å²) in [6.45, 7) is 23.2.